The maximum absolute atomic E-state index is 14.3. The lowest BCUT2D eigenvalue weighted by Gasteiger charge is -2.07. The van der Waals surface area contributed by atoms with Crippen molar-refractivity contribution in [3.63, 3.8) is 0 Å². The fourth-order valence-corrected chi connectivity index (χ4v) is 4.93. The van der Waals surface area contributed by atoms with E-state index in [-0.39, 0.29) is 5.91 Å². The Morgan fingerprint density at radius 2 is 1.74 bits per heavy atom. The third-order valence-corrected chi connectivity index (χ3v) is 6.95. The van der Waals surface area contributed by atoms with Crippen molar-refractivity contribution >= 4 is 33.5 Å². The van der Waals surface area contributed by atoms with Gasteiger partial charge in [-0.25, -0.2) is 9.37 Å². The van der Waals surface area contributed by atoms with E-state index in [0.717, 1.165) is 33.2 Å². The summed E-state index contributed by atoms with van der Waals surface area (Å²) in [4.78, 5) is 29.6. The van der Waals surface area contributed by atoms with E-state index in [9.17, 15) is 9.18 Å². The minimum atomic E-state index is -0.398. The number of halogens is 1. The molecule has 7 aromatic rings. The summed E-state index contributed by atoms with van der Waals surface area (Å²) in [5.41, 5.74) is 7.42. The molecule has 0 saturated carbocycles. The molecule has 2 aromatic carbocycles. The van der Waals surface area contributed by atoms with Crippen molar-refractivity contribution < 1.29 is 13.9 Å². The van der Waals surface area contributed by atoms with Crippen molar-refractivity contribution in [1.82, 2.24) is 30.1 Å². The molecule has 204 valence electrons. The van der Waals surface area contributed by atoms with Crippen molar-refractivity contribution in [2.24, 2.45) is 0 Å². The van der Waals surface area contributed by atoms with Gasteiger partial charge in [0.05, 0.1) is 47.6 Å². The Kier molecular flexibility index (Phi) is 6.12. The molecule has 5 aromatic heterocycles. The lowest BCUT2D eigenvalue weighted by molar-refractivity contribution is 0.102. The number of nitrogens with zero attached hydrogens (tertiary/aromatic N) is 4. The number of methoxy groups -OCH3 is 1. The minimum absolute atomic E-state index is 0.223. The Balaban J connectivity index is 1.25. The second-order valence-electron chi connectivity index (χ2n) is 9.66. The number of hydrogen-bond donors (Lipinski definition) is 3. The standard InChI is InChI=1S/C32H22FN7O2/c1-42-23-11-19(9-21(33)12-23)25-16-35-17-29-24(25)13-28(37-29)31-30-27(39-40-31)8-7-26(38-30)20-10-22(15-34-14-20)36-32(41)18-5-3-2-4-6-18/h2-17,37H,1H3,(H,36,41)(H,39,40). The predicted molar refractivity (Wildman–Crippen MR) is 159 cm³/mol. The van der Waals surface area contributed by atoms with Crippen LogP contribution < -0.4 is 10.1 Å². The number of carbonyl (C=O) groups is 1. The zero-order valence-corrected chi connectivity index (χ0v) is 22.2. The molecule has 10 heteroatoms. The highest BCUT2D eigenvalue weighted by Crippen LogP contribution is 2.35. The first-order valence-corrected chi connectivity index (χ1v) is 13.0. The van der Waals surface area contributed by atoms with Crippen molar-refractivity contribution in [1.29, 1.82) is 0 Å². The van der Waals surface area contributed by atoms with Crippen LogP contribution in [0.4, 0.5) is 10.1 Å². The number of carbonyl (C=O) groups excluding carboxylic acids is 1. The van der Waals surface area contributed by atoms with Gasteiger partial charge in [0.15, 0.2) is 0 Å². The van der Waals surface area contributed by atoms with Crippen LogP contribution in [0.3, 0.4) is 0 Å². The van der Waals surface area contributed by atoms with Crippen LogP contribution >= 0.6 is 0 Å². The van der Waals surface area contributed by atoms with Gasteiger partial charge < -0.3 is 15.0 Å². The third-order valence-electron chi connectivity index (χ3n) is 6.95. The zero-order valence-electron chi connectivity index (χ0n) is 22.2. The lowest BCUT2D eigenvalue weighted by atomic mass is 10.0. The number of hydrogen-bond acceptors (Lipinski definition) is 6. The molecule has 0 unspecified atom stereocenters. The quantitative estimate of drug-likeness (QED) is 0.212. The normalized spacial score (nSPS) is 11.2. The van der Waals surface area contributed by atoms with E-state index in [2.05, 4.69) is 30.5 Å². The monoisotopic (exact) mass is 555 g/mol. The Labute approximate surface area is 238 Å². The summed E-state index contributed by atoms with van der Waals surface area (Å²) in [5.74, 6) is -0.198. The number of amides is 1. The number of ether oxygens (including phenoxy) is 1. The van der Waals surface area contributed by atoms with Crippen LogP contribution in [0.1, 0.15) is 10.4 Å². The van der Waals surface area contributed by atoms with E-state index >= 15 is 0 Å². The van der Waals surface area contributed by atoms with E-state index in [0.29, 0.717) is 39.5 Å². The average molecular weight is 556 g/mol. The predicted octanol–water partition coefficient (Wildman–Crippen LogP) is 6.63. The van der Waals surface area contributed by atoms with Crippen LogP contribution in [-0.4, -0.2) is 43.2 Å². The number of fused-ring (bicyclic) bond motifs is 2. The molecule has 1 amide bonds. The fraction of sp³-hybridized carbons (Fsp3) is 0.0312. The van der Waals surface area contributed by atoms with Crippen LogP contribution in [0.5, 0.6) is 5.75 Å². The summed E-state index contributed by atoms with van der Waals surface area (Å²) in [6, 6.07) is 21.1. The number of aromatic nitrogens is 6. The molecule has 9 nitrogen and oxygen atoms in total. The highest BCUT2D eigenvalue weighted by molar-refractivity contribution is 6.04. The molecule has 0 atom stereocenters. The topological polar surface area (TPSA) is 121 Å². The fourth-order valence-electron chi connectivity index (χ4n) is 4.93. The van der Waals surface area contributed by atoms with Gasteiger partial charge in [-0.2, -0.15) is 5.10 Å². The molecule has 42 heavy (non-hydrogen) atoms. The number of pyridine rings is 3. The highest BCUT2D eigenvalue weighted by atomic mass is 19.1. The van der Waals surface area contributed by atoms with E-state index in [1.165, 1.54) is 19.2 Å². The van der Waals surface area contributed by atoms with Crippen LogP contribution in [-0.2, 0) is 0 Å². The lowest BCUT2D eigenvalue weighted by Crippen LogP contribution is -2.11. The van der Waals surface area contributed by atoms with Crippen molar-refractivity contribution in [2.75, 3.05) is 12.4 Å². The molecule has 0 aliphatic rings. The van der Waals surface area contributed by atoms with Gasteiger partial charge in [-0.05, 0) is 54.1 Å². The molecule has 0 saturated heterocycles. The molecular formula is C32H22FN7O2. The van der Waals surface area contributed by atoms with E-state index in [4.69, 9.17) is 9.72 Å². The smallest absolute Gasteiger partial charge is 0.255 e. The summed E-state index contributed by atoms with van der Waals surface area (Å²) < 4.78 is 19.6. The summed E-state index contributed by atoms with van der Waals surface area (Å²) in [7, 11) is 1.50. The number of aromatic amines is 2. The van der Waals surface area contributed by atoms with Crippen LogP contribution in [0.25, 0.3) is 55.7 Å². The summed E-state index contributed by atoms with van der Waals surface area (Å²) >= 11 is 0. The number of nitrogens with one attached hydrogen (secondary N) is 3. The number of rotatable bonds is 6. The van der Waals surface area contributed by atoms with E-state index in [1.54, 1.807) is 43.0 Å². The molecule has 7 rings (SSSR count). The molecule has 0 radical (unpaired) electrons. The Bertz CT molecular complexity index is 2100. The maximum Gasteiger partial charge on any atom is 0.255 e. The van der Waals surface area contributed by atoms with Crippen LogP contribution in [0, 0.1) is 5.82 Å². The van der Waals surface area contributed by atoms with Crippen molar-refractivity contribution in [3.05, 3.63) is 109 Å². The molecule has 0 spiro atoms. The first-order chi connectivity index (χ1) is 20.6. The molecular weight excluding hydrogens is 533 g/mol. The van der Waals surface area contributed by atoms with Gasteiger partial charge in [-0.15, -0.1) is 0 Å². The van der Waals surface area contributed by atoms with Gasteiger partial charge in [-0.3, -0.25) is 19.9 Å². The average Bonchev–Trinajstić information content (AvgIpc) is 3.65. The Hall–Kier alpha value is -5.90. The molecule has 3 N–H and O–H groups in total. The molecule has 0 fully saturated rings. The molecule has 0 aliphatic carbocycles. The maximum atomic E-state index is 14.3. The zero-order chi connectivity index (χ0) is 28.6. The SMILES string of the molecule is COc1cc(F)cc(-c2cncc3[nH]c(-c4n[nH]c5ccc(-c6cncc(NC(=O)c7ccccc7)c6)nc45)cc23)c1. The van der Waals surface area contributed by atoms with E-state index < -0.39 is 5.82 Å². The summed E-state index contributed by atoms with van der Waals surface area (Å²) in [6.45, 7) is 0. The minimum Gasteiger partial charge on any atom is -0.497 e. The second kappa shape index (κ2) is 10.3. The molecule has 5 heterocycles. The number of anilines is 1. The van der Waals surface area contributed by atoms with Crippen LogP contribution in [0.15, 0.2) is 97.6 Å². The van der Waals surface area contributed by atoms with Gasteiger partial charge in [-0.1, -0.05) is 18.2 Å². The molecule has 0 bridgehead atoms. The largest absolute Gasteiger partial charge is 0.497 e. The Morgan fingerprint density at radius 3 is 2.60 bits per heavy atom. The van der Waals surface area contributed by atoms with Gasteiger partial charge in [0.2, 0.25) is 0 Å². The molecule has 0 aliphatic heterocycles. The first-order valence-electron chi connectivity index (χ1n) is 13.0. The highest BCUT2D eigenvalue weighted by Gasteiger charge is 2.17. The van der Waals surface area contributed by atoms with Crippen molar-refractivity contribution in [3.8, 4) is 39.5 Å². The first kappa shape index (κ1) is 25.1. The number of benzene rings is 2. The third kappa shape index (κ3) is 4.60. The second-order valence-corrected chi connectivity index (χ2v) is 9.66. The Morgan fingerprint density at radius 1 is 0.881 bits per heavy atom. The van der Waals surface area contributed by atoms with Crippen molar-refractivity contribution in [2.45, 2.75) is 0 Å². The van der Waals surface area contributed by atoms with E-state index in [1.807, 2.05) is 42.5 Å². The van der Waals surface area contributed by atoms with Gasteiger partial charge >= 0.3 is 0 Å². The van der Waals surface area contributed by atoms with Gasteiger partial charge in [0.1, 0.15) is 22.8 Å². The van der Waals surface area contributed by atoms with Gasteiger partial charge in [0.25, 0.3) is 5.91 Å². The van der Waals surface area contributed by atoms with Crippen LogP contribution in [0.2, 0.25) is 0 Å². The summed E-state index contributed by atoms with van der Waals surface area (Å²) in [6.07, 6.45) is 6.70. The number of H-pyrrole nitrogens is 2. The summed E-state index contributed by atoms with van der Waals surface area (Å²) in [5, 5.41) is 11.3. The van der Waals surface area contributed by atoms with Gasteiger partial charge in [0, 0.05) is 40.5 Å².